The van der Waals surface area contributed by atoms with E-state index in [9.17, 15) is 18.5 Å². The van der Waals surface area contributed by atoms with Crippen molar-refractivity contribution >= 4 is 39.3 Å². The highest BCUT2D eigenvalue weighted by Gasteiger charge is 2.29. The van der Waals surface area contributed by atoms with Gasteiger partial charge in [0.25, 0.3) is 15.7 Å². The summed E-state index contributed by atoms with van der Waals surface area (Å²) in [5.74, 6) is 0. The molecule has 6 nitrogen and oxygen atoms in total. The Balaban J connectivity index is 3.45. The second kappa shape index (κ2) is 4.31. The number of nitro benzene ring substituents is 1. The molecule has 0 saturated carbocycles. The molecule has 0 unspecified atom stereocenters. The molecular weight excluding hydrogens is 267 g/mol. The van der Waals surface area contributed by atoms with Gasteiger partial charge in [0.2, 0.25) is 0 Å². The number of benzene rings is 1. The molecule has 0 aliphatic carbocycles. The van der Waals surface area contributed by atoms with Crippen LogP contribution in [0.5, 0.6) is 0 Å². The summed E-state index contributed by atoms with van der Waals surface area (Å²) in [6, 6.07) is 4.76. The van der Waals surface area contributed by atoms with Gasteiger partial charge in [-0.15, -0.1) is 0 Å². The molecule has 0 N–H and O–H groups in total. The highest BCUT2D eigenvalue weighted by molar-refractivity contribution is 7.91. The predicted molar refractivity (Wildman–Crippen MR) is 53.8 cm³/mol. The summed E-state index contributed by atoms with van der Waals surface area (Å²) in [4.78, 5) is 9.14. The topological polar surface area (TPSA) is 80.5 Å². The van der Waals surface area contributed by atoms with Gasteiger partial charge in [-0.3, -0.25) is 10.1 Å². The van der Waals surface area contributed by atoms with E-state index in [0.717, 1.165) is 12.1 Å². The Kier molecular flexibility index (Phi) is 3.50. The second-order valence-electron chi connectivity index (χ2n) is 2.40. The second-order valence-corrected chi connectivity index (χ2v) is 5.41. The molecule has 0 heterocycles. The predicted octanol–water partition coefficient (Wildman–Crippen LogP) is 1.89. The minimum atomic E-state index is -4.23. The van der Waals surface area contributed by atoms with Crippen LogP contribution >= 0.6 is 23.6 Å². The number of para-hydroxylation sites is 1. The Labute approximate surface area is 95.4 Å². The molecule has 0 amide bonds. The van der Waals surface area contributed by atoms with Gasteiger partial charge in [-0.25, -0.2) is 8.42 Å². The number of nitro groups is 1. The van der Waals surface area contributed by atoms with E-state index in [-0.39, 0.29) is 3.34 Å². The summed E-state index contributed by atoms with van der Waals surface area (Å²) in [6.07, 6.45) is 0. The Hall–Kier alpha value is -0.890. The van der Waals surface area contributed by atoms with Gasteiger partial charge in [0.1, 0.15) is 0 Å². The lowest BCUT2D eigenvalue weighted by atomic mass is 10.3. The molecule has 0 saturated heterocycles. The third kappa shape index (κ3) is 2.37. The van der Waals surface area contributed by atoms with Gasteiger partial charge in [-0.1, -0.05) is 12.1 Å². The van der Waals surface area contributed by atoms with Crippen LogP contribution in [-0.2, 0) is 10.0 Å². The molecule has 0 spiro atoms. The number of rotatable bonds is 3. The van der Waals surface area contributed by atoms with Crippen molar-refractivity contribution in [2.75, 3.05) is 0 Å². The quantitative estimate of drug-likeness (QED) is 0.477. The molecular formula is C6H4Cl2N2O4S. The Morgan fingerprint density at radius 1 is 1.27 bits per heavy atom. The fourth-order valence-corrected chi connectivity index (χ4v) is 2.15. The fraction of sp³-hybridized carbons (Fsp3) is 0. The summed E-state index contributed by atoms with van der Waals surface area (Å²) in [6.45, 7) is 0. The first kappa shape index (κ1) is 12.2. The van der Waals surface area contributed by atoms with Crippen molar-refractivity contribution < 1.29 is 13.3 Å². The Morgan fingerprint density at radius 3 is 2.27 bits per heavy atom. The van der Waals surface area contributed by atoms with Crippen molar-refractivity contribution in [3.63, 3.8) is 0 Å². The summed E-state index contributed by atoms with van der Waals surface area (Å²) >= 11 is 10.1. The van der Waals surface area contributed by atoms with Gasteiger partial charge in [-0.2, -0.15) is 0 Å². The van der Waals surface area contributed by atoms with Crippen molar-refractivity contribution in [3.05, 3.63) is 34.4 Å². The third-order valence-electron chi connectivity index (χ3n) is 1.52. The molecule has 1 aromatic rings. The third-order valence-corrected chi connectivity index (χ3v) is 3.88. The zero-order valence-corrected chi connectivity index (χ0v) is 9.33. The standard InChI is InChI=1S/C6H4Cl2N2O4S/c7-10(8)15(13,14)6-4-2-1-3-5(6)9(11)12/h1-4H. The maximum atomic E-state index is 11.4. The number of halogens is 2. The van der Waals surface area contributed by atoms with Crippen LogP contribution in [0, 0.1) is 10.1 Å². The lowest BCUT2D eigenvalue weighted by molar-refractivity contribution is -0.387. The molecule has 9 heteroatoms. The fourth-order valence-electron chi connectivity index (χ4n) is 0.900. The van der Waals surface area contributed by atoms with Gasteiger partial charge in [0.15, 0.2) is 4.90 Å². The van der Waals surface area contributed by atoms with Crippen LogP contribution in [0.25, 0.3) is 0 Å². The van der Waals surface area contributed by atoms with Crippen molar-refractivity contribution in [1.29, 1.82) is 0 Å². The number of hydrogen-bond donors (Lipinski definition) is 0. The van der Waals surface area contributed by atoms with Crippen LogP contribution in [0.1, 0.15) is 0 Å². The van der Waals surface area contributed by atoms with Crippen LogP contribution in [-0.4, -0.2) is 16.7 Å². The van der Waals surface area contributed by atoms with E-state index in [1.54, 1.807) is 0 Å². The van der Waals surface area contributed by atoms with Crippen LogP contribution < -0.4 is 0 Å². The normalized spacial score (nSPS) is 11.7. The van der Waals surface area contributed by atoms with Crippen LogP contribution in [0.3, 0.4) is 0 Å². The summed E-state index contributed by atoms with van der Waals surface area (Å²) < 4.78 is 22.7. The first-order valence-electron chi connectivity index (χ1n) is 3.47. The first-order valence-corrected chi connectivity index (χ1v) is 5.59. The van der Waals surface area contributed by atoms with Gasteiger partial charge in [-0.05, 0) is 9.41 Å². The Morgan fingerprint density at radius 2 is 1.80 bits per heavy atom. The van der Waals surface area contributed by atoms with E-state index in [1.807, 2.05) is 0 Å². The van der Waals surface area contributed by atoms with E-state index < -0.39 is 25.5 Å². The van der Waals surface area contributed by atoms with E-state index in [1.165, 1.54) is 12.1 Å². The number of sulfonamides is 1. The largest absolute Gasteiger partial charge is 0.289 e. The number of hydrogen-bond acceptors (Lipinski definition) is 4. The minimum absolute atomic E-state index is 0.116. The van der Waals surface area contributed by atoms with E-state index in [0.29, 0.717) is 0 Å². The first-order chi connectivity index (χ1) is 6.87. The molecule has 0 aliphatic rings. The molecule has 0 aromatic heterocycles. The maximum Gasteiger partial charge on any atom is 0.289 e. The van der Waals surface area contributed by atoms with Crippen molar-refractivity contribution in [2.24, 2.45) is 0 Å². The van der Waals surface area contributed by atoms with E-state index in [2.05, 4.69) is 0 Å². The zero-order valence-electron chi connectivity index (χ0n) is 7.00. The van der Waals surface area contributed by atoms with Gasteiger partial charge in [0, 0.05) is 29.6 Å². The molecule has 0 fully saturated rings. The van der Waals surface area contributed by atoms with E-state index >= 15 is 0 Å². The molecule has 0 radical (unpaired) electrons. The van der Waals surface area contributed by atoms with Gasteiger partial charge in [0.05, 0.1) is 4.92 Å². The summed E-state index contributed by atoms with van der Waals surface area (Å²) in [7, 11) is -4.23. The monoisotopic (exact) mass is 270 g/mol. The molecule has 0 bridgehead atoms. The highest BCUT2D eigenvalue weighted by Crippen LogP contribution is 2.27. The van der Waals surface area contributed by atoms with Crippen molar-refractivity contribution in [3.8, 4) is 0 Å². The van der Waals surface area contributed by atoms with E-state index in [4.69, 9.17) is 23.6 Å². The van der Waals surface area contributed by atoms with Crippen molar-refractivity contribution in [1.82, 2.24) is 3.34 Å². The molecule has 1 aromatic carbocycles. The van der Waals surface area contributed by atoms with Crippen LogP contribution in [0.15, 0.2) is 29.2 Å². The molecule has 15 heavy (non-hydrogen) atoms. The summed E-state index contributed by atoms with van der Waals surface area (Å²) in [5, 5.41) is 10.5. The maximum absolute atomic E-state index is 11.4. The van der Waals surface area contributed by atoms with Crippen LogP contribution in [0.2, 0.25) is 0 Å². The number of nitrogens with zero attached hydrogens (tertiary/aromatic N) is 2. The van der Waals surface area contributed by atoms with Crippen molar-refractivity contribution in [2.45, 2.75) is 4.90 Å². The zero-order chi connectivity index (χ0) is 11.6. The average Bonchev–Trinajstić information content (AvgIpc) is 2.17. The average molecular weight is 271 g/mol. The lowest BCUT2D eigenvalue weighted by Crippen LogP contribution is -2.14. The lowest BCUT2D eigenvalue weighted by Gasteiger charge is -2.05. The molecule has 1 rings (SSSR count). The minimum Gasteiger partial charge on any atom is -0.258 e. The smallest absolute Gasteiger partial charge is 0.258 e. The molecule has 0 atom stereocenters. The summed E-state index contributed by atoms with van der Waals surface area (Å²) in [5.41, 5.74) is -0.580. The Bertz CT molecular complexity index is 488. The molecule has 82 valence electrons. The van der Waals surface area contributed by atoms with Gasteiger partial charge < -0.3 is 0 Å². The SMILES string of the molecule is O=[N+]([O-])c1ccccc1S(=O)(=O)N(Cl)Cl. The molecule has 0 aliphatic heterocycles. The van der Waals surface area contributed by atoms with Crippen LogP contribution in [0.4, 0.5) is 5.69 Å². The van der Waals surface area contributed by atoms with Gasteiger partial charge >= 0.3 is 0 Å². The highest BCUT2D eigenvalue weighted by atomic mass is 35.5.